The summed E-state index contributed by atoms with van der Waals surface area (Å²) in [4.78, 5) is 23.0. The molecule has 1 amide bonds. The molecule has 7 nitrogen and oxygen atoms in total. The molecule has 0 atom stereocenters. The van der Waals surface area contributed by atoms with E-state index in [9.17, 15) is 4.79 Å². The van der Waals surface area contributed by atoms with Gasteiger partial charge in [0.15, 0.2) is 0 Å². The molecule has 1 saturated heterocycles. The average Bonchev–Trinajstić information content (AvgIpc) is 3.27. The van der Waals surface area contributed by atoms with Gasteiger partial charge in [-0.15, -0.1) is 0 Å². The Hall–Kier alpha value is -3.55. The van der Waals surface area contributed by atoms with Crippen molar-refractivity contribution in [3.05, 3.63) is 95.6 Å². The number of aromatic nitrogens is 3. The minimum atomic E-state index is -0.509. The van der Waals surface area contributed by atoms with E-state index in [4.69, 9.17) is 10.2 Å². The number of carbonyl (C=O) groups is 1. The van der Waals surface area contributed by atoms with E-state index in [1.165, 1.54) is 11.1 Å². The summed E-state index contributed by atoms with van der Waals surface area (Å²) in [7, 11) is 0. The average molecular weight is 442 g/mol. The van der Waals surface area contributed by atoms with Gasteiger partial charge >= 0.3 is 0 Å². The first kappa shape index (κ1) is 21.3. The molecule has 0 bridgehead atoms. The first-order chi connectivity index (χ1) is 16.2. The number of fused-ring (bicyclic) bond motifs is 1. The second kappa shape index (κ2) is 9.52. The quantitative estimate of drug-likeness (QED) is 0.349. The molecule has 0 aliphatic carbocycles. The Morgan fingerprint density at radius 3 is 2.58 bits per heavy atom. The molecule has 0 unspecified atom stereocenters. The van der Waals surface area contributed by atoms with Gasteiger partial charge in [-0.05, 0) is 78.9 Å². The van der Waals surface area contributed by atoms with E-state index in [-0.39, 0.29) is 0 Å². The molecule has 168 valence electrons. The third-order valence-corrected chi connectivity index (χ3v) is 6.48. The fraction of sp³-hybridized carbons (Fsp3) is 0.269. The number of hydroxylamine groups is 1. The minimum Gasteiger partial charge on any atom is -0.328 e. The molecule has 3 aromatic heterocycles. The van der Waals surface area contributed by atoms with Crippen LogP contribution < -0.4 is 5.48 Å². The van der Waals surface area contributed by atoms with Crippen LogP contribution in [0.5, 0.6) is 0 Å². The Labute approximate surface area is 192 Å². The lowest BCUT2D eigenvalue weighted by molar-refractivity contribution is 0.0706. The predicted octanol–water partition coefficient (Wildman–Crippen LogP) is 3.98. The maximum absolute atomic E-state index is 11.5. The predicted molar refractivity (Wildman–Crippen MR) is 126 cm³/mol. The number of likely N-dealkylation sites (tertiary alicyclic amines) is 1. The second-order valence-corrected chi connectivity index (χ2v) is 8.67. The number of pyridine rings is 2. The number of piperidine rings is 1. The largest absolute Gasteiger partial charge is 0.328 e. The summed E-state index contributed by atoms with van der Waals surface area (Å²) in [6.07, 6.45) is 10.2. The Kier molecular flexibility index (Phi) is 6.15. The van der Waals surface area contributed by atoms with Crippen molar-refractivity contribution in [2.75, 3.05) is 13.1 Å². The number of hydrogen-bond donors (Lipinski definition) is 2. The van der Waals surface area contributed by atoms with E-state index in [0.717, 1.165) is 49.1 Å². The van der Waals surface area contributed by atoms with Crippen LogP contribution in [0.4, 0.5) is 0 Å². The Morgan fingerprint density at radius 2 is 1.85 bits per heavy atom. The maximum atomic E-state index is 11.5. The lowest BCUT2D eigenvalue weighted by Crippen LogP contribution is -2.32. The molecule has 0 spiro atoms. The van der Waals surface area contributed by atoms with Gasteiger partial charge in [0.1, 0.15) is 5.65 Å². The molecular weight excluding hydrogens is 414 g/mol. The van der Waals surface area contributed by atoms with Gasteiger partial charge in [-0.2, -0.15) is 0 Å². The van der Waals surface area contributed by atoms with Gasteiger partial charge in [0.25, 0.3) is 5.91 Å². The topological polar surface area (TPSA) is 83.3 Å². The van der Waals surface area contributed by atoms with Crippen molar-refractivity contribution in [2.45, 2.75) is 31.8 Å². The van der Waals surface area contributed by atoms with Crippen LogP contribution in [-0.2, 0) is 13.1 Å². The van der Waals surface area contributed by atoms with Crippen molar-refractivity contribution in [2.24, 2.45) is 0 Å². The van der Waals surface area contributed by atoms with Gasteiger partial charge in [0.2, 0.25) is 0 Å². The molecule has 33 heavy (non-hydrogen) atoms. The molecule has 5 rings (SSSR count). The highest BCUT2D eigenvalue weighted by Gasteiger charge is 2.21. The molecule has 4 aromatic rings. The Balaban J connectivity index is 1.23. The van der Waals surface area contributed by atoms with E-state index in [1.807, 2.05) is 36.8 Å². The number of rotatable bonds is 6. The van der Waals surface area contributed by atoms with Crippen molar-refractivity contribution < 1.29 is 10.0 Å². The zero-order chi connectivity index (χ0) is 22.6. The lowest BCUT2D eigenvalue weighted by Gasteiger charge is -2.32. The van der Waals surface area contributed by atoms with E-state index >= 15 is 0 Å². The van der Waals surface area contributed by atoms with E-state index in [1.54, 1.807) is 17.6 Å². The SMILES string of the molecule is O=C(NO)c1ccc(Cn2ccc3cc(C4CCN(Cc5cccnc5)CC4)cnc32)cc1. The molecule has 0 radical (unpaired) electrons. The summed E-state index contributed by atoms with van der Waals surface area (Å²) >= 11 is 0. The number of nitrogens with one attached hydrogen (secondary N) is 1. The van der Waals surface area contributed by atoms with Gasteiger partial charge < -0.3 is 4.57 Å². The number of carbonyl (C=O) groups excluding carboxylic acids is 1. The number of nitrogens with zero attached hydrogens (tertiary/aromatic N) is 4. The molecule has 4 heterocycles. The van der Waals surface area contributed by atoms with Crippen molar-refractivity contribution in [1.29, 1.82) is 0 Å². The van der Waals surface area contributed by atoms with Crippen molar-refractivity contribution >= 4 is 16.9 Å². The molecule has 7 heteroatoms. The van der Waals surface area contributed by atoms with Gasteiger partial charge in [-0.1, -0.05) is 18.2 Å². The highest BCUT2D eigenvalue weighted by Crippen LogP contribution is 2.30. The molecular formula is C26H27N5O2. The summed E-state index contributed by atoms with van der Waals surface area (Å²) in [5.74, 6) is 0.0330. The van der Waals surface area contributed by atoms with Gasteiger partial charge in [0, 0.05) is 48.8 Å². The highest BCUT2D eigenvalue weighted by atomic mass is 16.5. The summed E-state index contributed by atoms with van der Waals surface area (Å²) in [6, 6.07) is 15.7. The smallest absolute Gasteiger partial charge is 0.274 e. The van der Waals surface area contributed by atoms with Gasteiger partial charge in [-0.25, -0.2) is 10.5 Å². The fourth-order valence-electron chi connectivity index (χ4n) is 4.64. The third-order valence-electron chi connectivity index (χ3n) is 6.48. The zero-order valence-corrected chi connectivity index (χ0v) is 18.4. The normalized spacial score (nSPS) is 15.1. The van der Waals surface area contributed by atoms with E-state index in [2.05, 4.69) is 38.8 Å². The number of benzene rings is 1. The van der Waals surface area contributed by atoms with Crippen molar-refractivity contribution in [3.63, 3.8) is 0 Å². The lowest BCUT2D eigenvalue weighted by atomic mass is 9.90. The zero-order valence-electron chi connectivity index (χ0n) is 18.4. The molecule has 1 aliphatic heterocycles. The first-order valence-corrected chi connectivity index (χ1v) is 11.3. The summed E-state index contributed by atoms with van der Waals surface area (Å²) < 4.78 is 2.12. The van der Waals surface area contributed by atoms with Crippen LogP contribution in [0.25, 0.3) is 11.0 Å². The van der Waals surface area contributed by atoms with Gasteiger partial charge in [0.05, 0.1) is 0 Å². The van der Waals surface area contributed by atoms with Crippen LogP contribution in [0.1, 0.15) is 45.8 Å². The third kappa shape index (κ3) is 4.79. The van der Waals surface area contributed by atoms with Crippen LogP contribution in [0, 0.1) is 0 Å². The molecule has 2 N–H and O–H groups in total. The van der Waals surface area contributed by atoms with Crippen LogP contribution >= 0.6 is 0 Å². The van der Waals surface area contributed by atoms with E-state index < -0.39 is 5.91 Å². The van der Waals surface area contributed by atoms with Crippen molar-refractivity contribution in [1.82, 2.24) is 24.9 Å². The van der Waals surface area contributed by atoms with Crippen LogP contribution in [0.2, 0.25) is 0 Å². The Morgan fingerprint density at radius 1 is 1.03 bits per heavy atom. The van der Waals surface area contributed by atoms with Crippen LogP contribution in [0.3, 0.4) is 0 Å². The monoisotopic (exact) mass is 441 g/mol. The highest BCUT2D eigenvalue weighted by molar-refractivity contribution is 5.93. The van der Waals surface area contributed by atoms with Crippen LogP contribution in [-0.4, -0.2) is 43.6 Å². The standard InChI is InChI=1S/C26H27N5O2/c32-26(29-33)22-5-3-19(4-6-22)18-31-13-9-23-14-24(16-28-25(23)31)21-7-11-30(12-8-21)17-20-2-1-10-27-15-20/h1-6,9-10,13-16,21,33H,7-8,11-12,17-18H2,(H,29,32). The molecule has 1 fully saturated rings. The number of hydrogen-bond acceptors (Lipinski definition) is 5. The maximum Gasteiger partial charge on any atom is 0.274 e. The molecule has 1 aromatic carbocycles. The van der Waals surface area contributed by atoms with Gasteiger partial charge in [-0.3, -0.25) is 19.9 Å². The van der Waals surface area contributed by atoms with E-state index in [0.29, 0.717) is 18.0 Å². The fourth-order valence-corrected chi connectivity index (χ4v) is 4.64. The minimum absolute atomic E-state index is 0.424. The summed E-state index contributed by atoms with van der Waals surface area (Å²) in [5.41, 5.74) is 6.70. The number of amides is 1. The second-order valence-electron chi connectivity index (χ2n) is 8.67. The molecule has 1 aliphatic rings. The molecule has 0 saturated carbocycles. The van der Waals surface area contributed by atoms with Crippen LogP contribution in [0.15, 0.2) is 73.3 Å². The summed E-state index contributed by atoms with van der Waals surface area (Å²) in [5, 5.41) is 9.91. The summed E-state index contributed by atoms with van der Waals surface area (Å²) in [6.45, 7) is 3.81. The van der Waals surface area contributed by atoms with Crippen molar-refractivity contribution in [3.8, 4) is 0 Å². The first-order valence-electron chi connectivity index (χ1n) is 11.3. The Bertz CT molecular complexity index is 1230.